The monoisotopic (exact) mass is 311 g/mol. The summed E-state index contributed by atoms with van der Waals surface area (Å²) in [6.07, 6.45) is 0. The predicted octanol–water partition coefficient (Wildman–Crippen LogP) is 2.33. The van der Waals surface area contributed by atoms with Crippen molar-refractivity contribution in [1.82, 2.24) is 14.9 Å². The van der Waals surface area contributed by atoms with Gasteiger partial charge in [0.15, 0.2) is 0 Å². The SMILES string of the molecule is CN(C)Cc1nc2c([nH]c(=O)c3cccc(O)c32)s1.Cl. The van der Waals surface area contributed by atoms with E-state index in [0.29, 0.717) is 27.7 Å². The fourth-order valence-electron chi connectivity index (χ4n) is 2.11. The van der Waals surface area contributed by atoms with E-state index in [2.05, 4.69) is 9.97 Å². The van der Waals surface area contributed by atoms with Crippen molar-refractivity contribution in [2.45, 2.75) is 6.54 Å². The van der Waals surface area contributed by atoms with Gasteiger partial charge in [0.2, 0.25) is 0 Å². The van der Waals surface area contributed by atoms with Gasteiger partial charge in [0.05, 0.1) is 10.8 Å². The number of H-pyrrole nitrogens is 1. The highest BCUT2D eigenvalue weighted by atomic mass is 35.5. The van der Waals surface area contributed by atoms with Gasteiger partial charge < -0.3 is 15.0 Å². The number of aromatic amines is 1. The van der Waals surface area contributed by atoms with Crippen LogP contribution in [0.15, 0.2) is 23.0 Å². The number of nitrogens with zero attached hydrogens (tertiary/aromatic N) is 2. The molecule has 0 saturated carbocycles. The van der Waals surface area contributed by atoms with E-state index in [0.717, 1.165) is 5.01 Å². The summed E-state index contributed by atoms with van der Waals surface area (Å²) >= 11 is 1.44. The summed E-state index contributed by atoms with van der Waals surface area (Å²) in [5.74, 6) is 0.0929. The lowest BCUT2D eigenvalue weighted by Crippen LogP contribution is -2.10. The van der Waals surface area contributed by atoms with Crippen molar-refractivity contribution in [3.63, 3.8) is 0 Å². The number of hydrogen-bond acceptors (Lipinski definition) is 5. The number of pyridine rings is 1. The first-order chi connectivity index (χ1) is 9.06. The van der Waals surface area contributed by atoms with E-state index in [4.69, 9.17) is 0 Å². The van der Waals surface area contributed by atoms with Crippen LogP contribution in [0.1, 0.15) is 5.01 Å². The summed E-state index contributed by atoms with van der Waals surface area (Å²) in [4.78, 5) is 22.0. The molecule has 0 aliphatic carbocycles. The number of halogens is 1. The number of benzene rings is 1. The van der Waals surface area contributed by atoms with Crippen molar-refractivity contribution in [2.24, 2.45) is 0 Å². The zero-order chi connectivity index (χ0) is 13.6. The second-order valence-electron chi connectivity index (χ2n) is 4.68. The highest BCUT2D eigenvalue weighted by molar-refractivity contribution is 7.18. The lowest BCUT2D eigenvalue weighted by molar-refractivity contribution is 0.402. The first-order valence-electron chi connectivity index (χ1n) is 5.84. The Morgan fingerprint density at radius 2 is 2.15 bits per heavy atom. The van der Waals surface area contributed by atoms with Crippen molar-refractivity contribution in [3.8, 4) is 5.75 Å². The first kappa shape index (κ1) is 14.8. The minimum absolute atomic E-state index is 0. The number of nitrogens with one attached hydrogen (secondary N) is 1. The van der Waals surface area contributed by atoms with Gasteiger partial charge in [-0.1, -0.05) is 17.4 Å². The van der Waals surface area contributed by atoms with Gasteiger partial charge in [-0.15, -0.1) is 12.4 Å². The molecule has 0 saturated heterocycles. The molecule has 1 aromatic carbocycles. The fourth-order valence-corrected chi connectivity index (χ4v) is 3.19. The van der Waals surface area contributed by atoms with Crippen molar-refractivity contribution in [1.29, 1.82) is 0 Å². The van der Waals surface area contributed by atoms with Gasteiger partial charge >= 0.3 is 0 Å². The molecule has 0 atom stereocenters. The summed E-state index contributed by atoms with van der Waals surface area (Å²) in [5, 5.41) is 11.9. The van der Waals surface area contributed by atoms with Gasteiger partial charge in [0.25, 0.3) is 5.56 Å². The van der Waals surface area contributed by atoms with Gasteiger partial charge in [-0.3, -0.25) is 4.79 Å². The Hall–Kier alpha value is -1.63. The van der Waals surface area contributed by atoms with Crippen LogP contribution < -0.4 is 5.56 Å². The van der Waals surface area contributed by atoms with E-state index in [1.54, 1.807) is 18.2 Å². The highest BCUT2D eigenvalue weighted by Crippen LogP contribution is 2.31. The quantitative estimate of drug-likeness (QED) is 0.762. The molecule has 2 heterocycles. The number of hydrogen-bond donors (Lipinski definition) is 2. The molecule has 0 aliphatic heterocycles. The third-order valence-electron chi connectivity index (χ3n) is 2.87. The molecule has 0 spiro atoms. The Morgan fingerprint density at radius 3 is 2.85 bits per heavy atom. The molecule has 7 heteroatoms. The molecule has 0 fully saturated rings. The van der Waals surface area contributed by atoms with Crippen molar-refractivity contribution in [3.05, 3.63) is 33.6 Å². The summed E-state index contributed by atoms with van der Waals surface area (Å²) in [6, 6.07) is 4.93. The van der Waals surface area contributed by atoms with Crippen LogP contribution >= 0.6 is 23.7 Å². The lowest BCUT2D eigenvalue weighted by Gasteiger charge is -2.04. The van der Waals surface area contributed by atoms with Gasteiger partial charge in [0.1, 0.15) is 21.1 Å². The third-order valence-corrected chi connectivity index (χ3v) is 3.83. The standard InChI is InChI=1S/C13H13N3O2S.ClH/c1-16(2)6-9-14-11-10-7(4-3-5-8(10)17)12(18)15-13(11)19-9;/h3-5,17H,6H2,1-2H3,(H,15,18);1H. The molecule has 20 heavy (non-hydrogen) atoms. The number of aromatic hydroxyl groups is 1. The van der Waals surface area contributed by atoms with Crippen molar-refractivity contribution in [2.75, 3.05) is 14.1 Å². The topological polar surface area (TPSA) is 69.2 Å². The smallest absolute Gasteiger partial charge is 0.257 e. The number of aromatic nitrogens is 2. The Bertz CT molecular complexity index is 825. The van der Waals surface area contributed by atoms with Crippen LogP contribution in [0.5, 0.6) is 5.75 Å². The lowest BCUT2D eigenvalue weighted by atomic mass is 10.1. The highest BCUT2D eigenvalue weighted by Gasteiger charge is 2.13. The number of rotatable bonds is 2. The van der Waals surface area contributed by atoms with E-state index in [1.165, 1.54) is 11.3 Å². The molecule has 5 nitrogen and oxygen atoms in total. The van der Waals surface area contributed by atoms with Crippen LogP contribution in [0.3, 0.4) is 0 Å². The average Bonchev–Trinajstić information content (AvgIpc) is 2.70. The van der Waals surface area contributed by atoms with Crippen molar-refractivity contribution < 1.29 is 5.11 Å². The van der Waals surface area contributed by atoms with E-state index in [1.807, 2.05) is 19.0 Å². The molecule has 106 valence electrons. The largest absolute Gasteiger partial charge is 0.507 e. The fraction of sp³-hybridized carbons (Fsp3) is 0.231. The van der Waals surface area contributed by atoms with Crippen molar-refractivity contribution >= 4 is 44.9 Å². The Kier molecular flexibility index (Phi) is 3.99. The van der Waals surface area contributed by atoms with Crippen LogP contribution in [-0.2, 0) is 6.54 Å². The third kappa shape index (κ3) is 2.37. The zero-order valence-electron chi connectivity index (χ0n) is 11.0. The predicted molar refractivity (Wildman–Crippen MR) is 84.1 cm³/mol. The van der Waals surface area contributed by atoms with Crippen LogP contribution in [-0.4, -0.2) is 34.1 Å². The van der Waals surface area contributed by atoms with Gasteiger partial charge in [0, 0.05) is 6.54 Å². The molecule has 0 bridgehead atoms. The molecule has 0 amide bonds. The summed E-state index contributed by atoms with van der Waals surface area (Å²) < 4.78 is 0. The normalized spacial score (nSPS) is 11.2. The Morgan fingerprint density at radius 1 is 1.40 bits per heavy atom. The average molecular weight is 312 g/mol. The van der Waals surface area contributed by atoms with E-state index >= 15 is 0 Å². The van der Waals surface area contributed by atoms with E-state index in [9.17, 15) is 9.90 Å². The van der Waals surface area contributed by atoms with Gasteiger partial charge in [-0.2, -0.15) is 0 Å². The van der Waals surface area contributed by atoms with Gasteiger partial charge in [-0.05, 0) is 26.2 Å². The number of fused-ring (bicyclic) bond motifs is 3. The molecular formula is C13H14ClN3O2S. The second-order valence-corrected chi connectivity index (χ2v) is 5.76. The molecule has 3 rings (SSSR count). The maximum absolute atomic E-state index is 12.0. The maximum Gasteiger partial charge on any atom is 0.257 e. The summed E-state index contributed by atoms with van der Waals surface area (Å²) in [7, 11) is 3.93. The van der Waals surface area contributed by atoms with Crippen LogP contribution in [0.4, 0.5) is 0 Å². The summed E-state index contributed by atoms with van der Waals surface area (Å²) in [5.41, 5.74) is 0.466. The molecule has 2 N–H and O–H groups in total. The molecule has 2 aromatic heterocycles. The molecule has 0 aliphatic rings. The molecule has 0 radical (unpaired) electrons. The number of phenols is 1. The van der Waals surface area contributed by atoms with E-state index < -0.39 is 0 Å². The second kappa shape index (κ2) is 5.40. The number of thiazole rings is 1. The number of phenolic OH excluding ortho intramolecular Hbond substituents is 1. The van der Waals surface area contributed by atoms with Crippen LogP contribution in [0.2, 0.25) is 0 Å². The minimum Gasteiger partial charge on any atom is -0.507 e. The summed E-state index contributed by atoms with van der Waals surface area (Å²) in [6.45, 7) is 0.705. The van der Waals surface area contributed by atoms with Crippen LogP contribution in [0.25, 0.3) is 21.1 Å². The zero-order valence-corrected chi connectivity index (χ0v) is 12.6. The Balaban J connectivity index is 0.00000147. The molecule has 0 unspecified atom stereocenters. The van der Waals surface area contributed by atoms with Crippen LogP contribution in [0, 0.1) is 0 Å². The van der Waals surface area contributed by atoms with E-state index in [-0.39, 0.29) is 23.7 Å². The van der Waals surface area contributed by atoms with Gasteiger partial charge in [-0.25, -0.2) is 4.98 Å². The molecule has 3 aromatic rings. The Labute approximate surface area is 125 Å². The maximum atomic E-state index is 12.0. The minimum atomic E-state index is -0.196. The first-order valence-corrected chi connectivity index (χ1v) is 6.66. The molecular weight excluding hydrogens is 298 g/mol.